The van der Waals surface area contributed by atoms with Gasteiger partial charge >= 0.3 is 17.9 Å². The van der Waals surface area contributed by atoms with Crippen LogP contribution >= 0.6 is 0 Å². The van der Waals surface area contributed by atoms with E-state index in [4.69, 9.17) is 14.2 Å². The van der Waals surface area contributed by atoms with E-state index >= 15 is 0 Å². The molecule has 396 valence electrons. The predicted molar refractivity (Wildman–Crippen MR) is 297 cm³/mol. The van der Waals surface area contributed by atoms with Crippen molar-refractivity contribution in [3.05, 3.63) is 85.1 Å². The molecule has 0 saturated heterocycles. The predicted octanol–water partition coefficient (Wildman–Crippen LogP) is 19.5. The Bertz CT molecular complexity index is 1330. The summed E-state index contributed by atoms with van der Waals surface area (Å²) < 4.78 is 16.8. The zero-order valence-electron chi connectivity index (χ0n) is 45.3. The molecule has 1 unspecified atom stereocenters. The molecule has 0 bridgehead atoms. The van der Waals surface area contributed by atoms with Crippen LogP contribution in [0.2, 0.25) is 0 Å². The van der Waals surface area contributed by atoms with Crippen LogP contribution in [0, 0.1) is 0 Å². The summed E-state index contributed by atoms with van der Waals surface area (Å²) in [5, 5.41) is 0. The molecule has 0 rings (SSSR count). The van der Waals surface area contributed by atoms with Crippen LogP contribution in [-0.2, 0) is 28.6 Å². The molecule has 0 saturated carbocycles. The van der Waals surface area contributed by atoms with Crippen LogP contribution in [0.3, 0.4) is 0 Å². The standard InChI is InChI=1S/C63H108O6/c1-4-7-10-13-16-19-22-25-26-27-28-29-30-31-32-33-34-35-36-39-41-44-47-50-53-56-62(65)68-59-60(69-63(66)57-54-51-48-45-42-38-24-21-18-15-12-9-6-3)58-67-61(64)55-52-49-46-43-40-37-23-20-17-14-11-8-5-2/h7,10,12,15-16,19,21,24-26,28-29,31-32,60H,4-6,8-9,11,13-14,17-18,20,22-23,27,30,33-59H2,1-3H3/b10-7-,15-12-,19-16-,24-21-,26-25-,29-28-,32-31-. The SMILES string of the molecule is CC/C=C\C/C=C\C/C=C\C/C=C\C/C=C\CCCCCCCCCCCC(=O)OCC(COC(=O)CCCCCCCCCCCCCCC)OC(=O)CCCCCCC/C=C\C/C=C\CCC. The average Bonchev–Trinajstić information content (AvgIpc) is 3.35. The quantitative estimate of drug-likeness (QED) is 0.0262. The van der Waals surface area contributed by atoms with E-state index in [9.17, 15) is 14.4 Å². The molecule has 0 aliphatic carbocycles. The highest BCUT2D eigenvalue weighted by molar-refractivity contribution is 5.71. The van der Waals surface area contributed by atoms with Crippen molar-refractivity contribution < 1.29 is 28.6 Å². The lowest BCUT2D eigenvalue weighted by Crippen LogP contribution is -2.30. The van der Waals surface area contributed by atoms with Crippen LogP contribution in [0.4, 0.5) is 0 Å². The van der Waals surface area contributed by atoms with Gasteiger partial charge in [0, 0.05) is 19.3 Å². The Kier molecular flexibility index (Phi) is 54.3. The van der Waals surface area contributed by atoms with Crippen molar-refractivity contribution in [3.63, 3.8) is 0 Å². The fourth-order valence-corrected chi connectivity index (χ4v) is 8.04. The second-order valence-electron chi connectivity index (χ2n) is 19.2. The lowest BCUT2D eigenvalue weighted by atomic mass is 10.0. The van der Waals surface area contributed by atoms with Crippen molar-refractivity contribution in [1.29, 1.82) is 0 Å². The fraction of sp³-hybridized carbons (Fsp3) is 0.730. The van der Waals surface area contributed by atoms with E-state index in [2.05, 4.69) is 106 Å². The summed E-state index contributed by atoms with van der Waals surface area (Å²) in [5.74, 6) is -0.896. The summed E-state index contributed by atoms with van der Waals surface area (Å²) in [4.78, 5) is 38.1. The van der Waals surface area contributed by atoms with Gasteiger partial charge in [0.05, 0.1) is 0 Å². The molecule has 0 amide bonds. The minimum Gasteiger partial charge on any atom is -0.462 e. The molecular weight excluding hydrogens is 853 g/mol. The molecule has 6 nitrogen and oxygen atoms in total. The number of rotatable bonds is 52. The maximum absolute atomic E-state index is 12.8. The highest BCUT2D eigenvalue weighted by atomic mass is 16.6. The summed E-state index contributed by atoms with van der Waals surface area (Å²) >= 11 is 0. The molecule has 0 heterocycles. The number of ether oxygens (including phenoxy) is 3. The lowest BCUT2D eigenvalue weighted by molar-refractivity contribution is -0.167. The summed E-state index contributed by atoms with van der Waals surface area (Å²) in [6, 6.07) is 0. The van der Waals surface area contributed by atoms with E-state index < -0.39 is 6.10 Å². The first-order valence-electron chi connectivity index (χ1n) is 29.1. The molecule has 0 aromatic carbocycles. The number of esters is 3. The zero-order chi connectivity index (χ0) is 50.0. The minimum absolute atomic E-state index is 0.0818. The number of carbonyl (C=O) groups is 3. The molecule has 0 aliphatic heterocycles. The van der Waals surface area contributed by atoms with Gasteiger partial charge in [-0.15, -0.1) is 0 Å². The van der Waals surface area contributed by atoms with E-state index in [0.717, 1.165) is 128 Å². The van der Waals surface area contributed by atoms with E-state index in [1.165, 1.54) is 109 Å². The molecule has 0 N–H and O–H groups in total. The van der Waals surface area contributed by atoms with E-state index in [0.29, 0.717) is 19.3 Å². The fourth-order valence-electron chi connectivity index (χ4n) is 8.04. The van der Waals surface area contributed by atoms with Crippen LogP contribution in [0.15, 0.2) is 85.1 Å². The van der Waals surface area contributed by atoms with Gasteiger partial charge in [0.2, 0.25) is 0 Å². The monoisotopic (exact) mass is 961 g/mol. The van der Waals surface area contributed by atoms with Crippen LogP contribution in [-0.4, -0.2) is 37.2 Å². The zero-order valence-corrected chi connectivity index (χ0v) is 45.3. The first-order chi connectivity index (χ1) is 34.0. The third-order valence-electron chi connectivity index (χ3n) is 12.4. The minimum atomic E-state index is -0.784. The maximum atomic E-state index is 12.8. The molecule has 6 heteroatoms. The summed E-state index contributed by atoms with van der Waals surface area (Å²) in [6.45, 7) is 6.46. The topological polar surface area (TPSA) is 78.9 Å². The Labute approximate surface area is 426 Å². The first-order valence-corrected chi connectivity index (χ1v) is 29.1. The van der Waals surface area contributed by atoms with Gasteiger partial charge in [-0.3, -0.25) is 14.4 Å². The van der Waals surface area contributed by atoms with Gasteiger partial charge in [-0.05, 0) is 89.9 Å². The molecule has 0 aliphatic rings. The van der Waals surface area contributed by atoms with E-state index in [-0.39, 0.29) is 31.1 Å². The van der Waals surface area contributed by atoms with Gasteiger partial charge in [0.1, 0.15) is 13.2 Å². The lowest BCUT2D eigenvalue weighted by Gasteiger charge is -2.18. The molecule has 0 spiro atoms. The largest absolute Gasteiger partial charge is 0.462 e. The number of unbranched alkanes of at least 4 members (excludes halogenated alkanes) is 27. The third-order valence-corrected chi connectivity index (χ3v) is 12.4. The Hall–Kier alpha value is -3.41. The molecule has 1 atom stereocenters. The highest BCUT2D eigenvalue weighted by Crippen LogP contribution is 2.16. The average molecular weight is 962 g/mol. The van der Waals surface area contributed by atoms with Crippen molar-refractivity contribution >= 4 is 17.9 Å². The molecular formula is C63H108O6. The number of allylic oxidation sites excluding steroid dienone is 14. The Morgan fingerprint density at radius 1 is 0.304 bits per heavy atom. The Balaban J connectivity index is 4.30. The summed E-state index contributed by atoms with van der Waals surface area (Å²) in [5.41, 5.74) is 0. The molecule has 69 heavy (non-hydrogen) atoms. The van der Waals surface area contributed by atoms with Gasteiger partial charge in [0.15, 0.2) is 6.10 Å². The third kappa shape index (κ3) is 55.4. The van der Waals surface area contributed by atoms with Crippen molar-refractivity contribution in [2.24, 2.45) is 0 Å². The van der Waals surface area contributed by atoms with Crippen molar-refractivity contribution in [2.45, 2.75) is 284 Å². The van der Waals surface area contributed by atoms with Crippen LogP contribution in [0.5, 0.6) is 0 Å². The van der Waals surface area contributed by atoms with Gasteiger partial charge < -0.3 is 14.2 Å². The molecule has 0 radical (unpaired) electrons. The van der Waals surface area contributed by atoms with Crippen LogP contribution in [0.25, 0.3) is 0 Å². The normalized spacial score (nSPS) is 12.7. The molecule has 0 aromatic heterocycles. The Morgan fingerprint density at radius 3 is 0.942 bits per heavy atom. The van der Waals surface area contributed by atoms with Gasteiger partial charge in [-0.2, -0.15) is 0 Å². The number of hydrogen-bond donors (Lipinski definition) is 0. The Morgan fingerprint density at radius 2 is 0.594 bits per heavy atom. The van der Waals surface area contributed by atoms with E-state index in [1.54, 1.807) is 0 Å². The van der Waals surface area contributed by atoms with Gasteiger partial charge in [-0.25, -0.2) is 0 Å². The van der Waals surface area contributed by atoms with Crippen molar-refractivity contribution in [1.82, 2.24) is 0 Å². The molecule has 0 fully saturated rings. The smallest absolute Gasteiger partial charge is 0.306 e. The van der Waals surface area contributed by atoms with Crippen molar-refractivity contribution in [3.8, 4) is 0 Å². The van der Waals surface area contributed by atoms with Crippen LogP contribution < -0.4 is 0 Å². The second-order valence-corrected chi connectivity index (χ2v) is 19.2. The second kappa shape index (κ2) is 57.2. The first kappa shape index (κ1) is 65.6. The number of hydrogen-bond acceptors (Lipinski definition) is 6. The van der Waals surface area contributed by atoms with Gasteiger partial charge in [-0.1, -0.05) is 254 Å². The summed E-state index contributed by atoms with van der Waals surface area (Å²) in [6.07, 6.45) is 74.3. The summed E-state index contributed by atoms with van der Waals surface area (Å²) in [7, 11) is 0. The van der Waals surface area contributed by atoms with Crippen LogP contribution in [0.1, 0.15) is 278 Å². The number of carbonyl (C=O) groups excluding carboxylic acids is 3. The van der Waals surface area contributed by atoms with Gasteiger partial charge in [0.25, 0.3) is 0 Å². The molecule has 0 aromatic rings. The maximum Gasteiger partial charge on any atom is 0.306 e. The van der Waals surface area contributed by atoms with E-state index in [1.807, 2.05) is 0 Å². The highest BCUT2D eigenvalue weighted by Gasteiger charge is 2.19. The van der Waals surface area contributed by atoms with Crippen molar-refractivity contribution in [2.75, 3.05) is 13.2 Å².